The summed E-state index contributed by atoms with van der Waals surface area (Å²) < 4.78 is 1.77. The summed E-state index contributed by atoms with van der Waals surface area (Å²) in [6.07, 6.45) is 3.78. The van der Waals surface area contributed by atoms with Crippen LogP contribution in [0.1, 0.15) is 0 Å². The summed E-state index contributed by atoms with van der Waals surface area (Å²) in [5.74, 6) is 0. The van der Waals surface area contributed by atoms with Crippen molar-refractivity contribution in [3.05, 3.63) is 71.4 Å². The number of nitrogens with one attached hydrogen (secondary N) is 1. The molecule has 112 valence electrons. The highest BCUT2D eigenvalue weighted by atomic mass is 16.1. The van der Waals surface area contributed by atoms with Gasteiger partial charge in [-0.15, -0.1) is 0 Å². The smallest absolute Gasteiger partial charge is 0.305 e. The standard InChI is InChI=1S/C18H14N4O/c1-22-11-14(10-19-22)13-7-8-16-15(9-13)17(21-18(23)20-16)12-5-3-2-4-6-12/h2-11H,1H3,(H,20,21,23). The maximum Gasteiger partial charge on any atom is 0.345 e. The Morgan fingerprint density at radius 2 is 1.83 bits per heavy atom. The summed E-state index contributed by atoms with van der Waals surface area (Å²) in [7, 11) is 1.89. The zero-order valence-corrected chi connectivity index (χ0v) is 12.5. The van der Waals surface area contributed by atoms with Crippen LogP contribution in [0.4, 0.5) is 0 Å². The van der Waals surface area contributed by atoms with Crippen molar-refractivity contribution in [2.45, 2.75) is 0 Å². The second-order valence-corrected chi connectivity index (χ2v) is 5.42. The van der Waals surface area contributed by atoms with Crippen LogP contribution in [-0.4, -0.2) is 19.7 Å². The van der Waals surface area contributed by atoms with Crippen molar-refractivity contribution in [3.8, 4) is 22.4 Å². The Bertz CT molecular complexity index is 1050. The molecule has 5 nitrogen and oxygen atoms in total. The van der Waals surface area contributed by atoms with Crippen LogP contribution in [0.25, 0.3) is 33.3 Å². The third kappa shape index (κ3) is 2.42. The number of hydrogen-bond donors (Lipinski definition) is 1. The Kier molecular flexibility index (Phi) is 3.05. The number of rotatable bonds is 2. The minimum Gasteiger partial charge on any atom is -0.305 e. The summed E-state index contributed by atoms with van der Waals surface area (Å²) in [5, 5.41) is 5.13. The van der Waals surface area contributed by atoms with E-state index in [9.17, 15) is 4.79 Å². The molecule has 0 fully saturated rings. The van der Waals surface area contributed by atoms with E-state index < -0.39 is 0 Å². The molecule has 0 saturated heterocycles. The highest BCUT2D eigenvalue weighted by Crippen LogP contribution is 2.28. The predicted octanol–water partition coefficient (Wildman–Crippen LogP) is 2.99. The Balaban J connectivity index is 2.00. The van der Waals surface area contributed by atoms with Crippen LogP contribution in [0.5, 0.6) is 0 Å². The normalized spacial score (nSPS) is 11.0. The molecule has 2 heterocycles. The molecular formula is C18H14N4O. The van der Waals surface area contributed by atoms with Crippen molar-refractivity contribution in [1.82, 2.24) is 19.7 Å². The minimum absolute atomic E-state index is 0.342. The molecule has 1 N–H and O–H groups in total. The summed E-state index contributed by atoms with van der Waals surface area (Å²) in [6, 6.07) is 15.7. The van der Waals surface area contributed by atoms with Crippen molar-refractivity contribution in [2.24, 2.45) is 7.05 Å². The highest BCUT2D eigenvalue weighted by molar-refractivity contribution is 5.94. The van der Waals surface area contributed by atoms with Gasteiger partial charge >= 0.3 is 5.69 Å². The van der Waals surface area contributed by atoms with Gasteiger partial charge in [-0.3, -0.25) is 4.68 Å². The zero-order valence-electron chi connectivity index (χ0n) is 12.5. The summed E-state index contributed by atoms with van der Waals surface area (Å²) in [6.45, 7) is 0. The summed E-state index contributed by atoms with van der Waals surface area (Å²) in [4.78, 5) is 18.8. The van der Waals surface area contributed by atoms with Crippen molar-refractivity contribution < 1.29 is 0 Å². The molecule has 0 aliphatic rings. The molecule has 5 heteroatoms. The van der Waals surface area contributed by atoms with Gasteiger partial charge in [0.15, 0.2) is 0 Å². The molecule has 0 aliphatic carbocycles. The number of aromatic nitrogens is 4. The largest absolute Gasteiger partial charge is 0.345 e. The van der Waals surface area contributed by atoms with Crippen LogP contribution in [-0.2, 0) is 7.05 Å². The van der Waals surface area contributed by atoms with E-state index in [2.05, 4.69) is 15.1 Å². The Morgan fingerprint density at radius 1 is 1.00 bits per heavy atom. The third-order valence-corrected chi connectivity index (χ3v) is 3.82. The molecule has 0 aliphatic heterocycles. The van der Waals surface area contributed by atoms with Gasteiger partial charge in [-0.1, -0.05) is 36.4 Å². The van der Waals surface area contributed by atoms with E-state index in [0.29, 0.717) is 5.69 Å². The predicted molar refractivity (Wildman–Crippen MR) is 90.0 cm³/mol. The second-order valence-electron chi connectivity index (χ2n) is 5.42. The van der Waals surface area contributed by atoms with Crippen molar-refractivity contribution in [2.75, 3.05) is 0 Å². The van der Waals surface area contributed by atoms with Crippen molar-refractivity contribution in [1.29, 1.82) is 0 Å². The maximum absolute atomic E-state index is 11.9. The first kappa shape index (κ1) is 13.5. The lowest BCUT2D eigenvalue weighted by atomic mass is 10.0. The SMILES string of the molecule is Cn1cc(-c2ccc3[nH]c(=O)nc(-c4ccccc4)c3c2)cn1. The maximum atomic E-state index is 11.9. The van der Waals surface area contributed by atoms with Crippen molar-refractivity contribution in [3.63, 3.8) is 0 Å². The first-order chi connectivity index (χ1) is 11.2. The molecule has 0 amide bonds. The van der Waals surface area contributed by atoms with E-state index in [4.69, 9.17) is 0 Å². The molecular weight excluding hydrogens is 288 g/mol. The van der Waals surface area contributed by atoms with Gasteiger partial charge in [0.05, 0.1) is 17.4 Å². The van der Waals surface area contributed by atoms with E-state index in [1.165, 1.54) is 0 Å². The van der Waals surface area contributed by atoms with Gasteiger partial charge in [-0.25, -0.2) is 4.79 Å². The number of fused-ring (bicyclic) bond motifs is 1. The molecule has 23 heavy (non-hydrogen) atoms. The lowest BCUT2D eigenvalue weighted by Crippen LogP contribution is -2.11. The van der Waals surface area contributed by atoms with Crippen molar-refractivity contribution >= 4 is 10.9 Å². The van der Waals surface area contributed by atoms with Crippen LogP contribution in [0.2, 0.25) is 0 Å². The fourth-order valence-corrected chi connectivity index (χ4v) is 2.72. The first-order valence-corrected chi connectivity index (χ1v) is 7.29. The lowest BCUT2D eigenvalue weighted by Gasteiger charge is -2.07. The van der Waals surface area contributed by atoms with Crippen LogP contribution < -0.4 is 5.69 Å². The van der Waals surface area contributed by atoms with Crippen LogP contribution in [0.15, 0.2) is 65.7 Å². The molecule has 0 unspecified atom stereocenters. The quantitative estimate of drug-likeness (QED) is 0.619. The Hall–Kier alpha value is -3.21. The van der Waals surface area contributed by atoms with Gasteiger partial charge < -0.3 is 4.98 Å². The number of benzene rings is 2. The van der Waals surface area contributed by atoms with Crippen LogP contribution in [0.3, 0.4) is 0 Å². The number of aromatic amines is 1. The summed E-state index contributed by atoms with van der Waals surface area (Å²) >= 11 is 0. The Labute approximate surface area is 132 Å². The van der Waals surface area contributed by atoms with Gasteiger partial charge in [0.1, 0.15) is 0 Å². The molecule has 4 aromatic rings. The van der Waals surface area contributed by atoms with E-state index in [-0.39, 0.29) is 5.69 Å². The fourth-order valence-electron chi connectivity index (χ4n) is 2.72. The fraction of sp³-hybridized carbons (Fsp3) is 0.0556. The second kappa shape index (κ2) is 5.21. The zero-order chi connectivity index (χ0) is 15.8. The van der Waals surface area contributed by atoms with E-state index in [1.807, 2.05) is 68.0 Å². The van der Waals surface area contributed by atoms with Crippen LogP contribution in [0, 0.1) is 0 Å². The average molecular weight is 302 g/mol. The molecule has 0 bridgehead atoms. The van der Waals surface area contributed by atoms with Crippen LogP contribution >= 0.6 is 0 Å². The lowest BCUT2D eigenvalue weighted by molar-refractivity contribution is 0.768. The number of nitrogens with zero attached hydrogens (tertiary/aromatic N) is 3. The number of aryl methyl sites for hydroxylation is 1. The monoisotopic (exact) mass is 302 g/mol. The van der Waals surface area contributed by atoms with Gasteiger partial charge in [0.2, 0.25) is 0 Å². The highest BCUT2D eigenvalue weighted by Gasteiger charge is 2.09. The number of hydrogen-bond acceptors (Lipinski definition) is 3. The number of H-pyrrole nitrogens is 1. The van der Waals surface area contributed by atoms with E-state index in [0.717, 1.165) is 27.6 Å². The molecule has 0 spiro atoms. The van der Waals surface area contributed by atoms with Gasteiger partial charge in [-0.2, -0.15) is 10.1 Å². The molecule has 4 rings (SSSR count). The molecule has 0 atom stereocenters. The Morgan fingerprint density at radius 3 is 2.57 bits per heavy atom. The van der Waals surface area contributed by atoms with Gasteiger partial charge in [0.25, 0.3) is 0 Å². The van der Waals surface area contributed by atoms with E-state index >= 15 is 0 Å². The minimum atomic E-state index is -0.342. The molecule has 0 radical (unpaired) electrons. The molecule has 2 aromatic heterocycles. The molecule has 2 aromatic carbocycles. The first-order valence-electron chi connectivity index (χ1n) is 7.29. The van der Waals surface area contributed by atoms with E-state index in [1.54, 1.807) is 4.68 Å². The summed E-state index contributed by atoms with van der Waals surface area (Å²) in [5.41, 5.74) is 4.11. The average Bonchev–Trinajstić information content (AvgIpc) is 3.01. The van der Waals surface area contributed by atoms with Gasteiger partial charge in [-0.05, 0) is 17.7 Å². The van der Waals surface area contributed by atoms with Gasteiger partial charge in [0, 0.05) is 29.8 Å². The topological polar surface area (TPSA) is 63.6 Å². The molecule has 0 saturated carbocycles. The third-order valence-electron chi connectivity index (χ3n) is 3.82.